The van der Waals surface area contributed by atoms with Gasteiger partial charge in [-0.2, -0.15) is 0 Å². The van der Waals surface area contributed by atoms with Crippen molar-refractivity contribution in [2.24, 2.45) is 0 Å². The van der Waals surface area contributed by atoms with Gasteiger partial charge in [0.15, 0.2) is 0 Å². The number of benzene rings is 1. The first kappa shape index (κ1) is 14.8. The van der Waals surface area contributed by atoms with E-state index in [4.69, 9.17) is 0 Å². The molecule has 2 rings (SSSR count). The Kier molecular flexibility index (Phi) is 5.32. The van der Waals surface area contributed by atoms with E-state index in [0.29, 0.717) is 6.54 Å². The largest absolute Gasteiger partial charge is 0.355 e. The fourth-order valence-electron chi connectivity index (χ4n) is 1.93. The number of thiophene rings is 1. The van der Waals surface area contributed by atoms with Gasteiger partial charge in [-0.3, -0.25) is 4.79 Å². The molecule has 3 nitrogen and oxygen atoms in total. The maximum Gasteiger partial charge on any atom is 0.236 e. The average molecular weight is 288 g/mol. The Balaban J connectivity index is 1.92. The molecule has 1 unspecified atom stereocenters. The van der Waals surface area contributed by atoms with Gasteiger partial charge in [-0.15, -0.1) is 11.3 Å². The van der Waals surface area contributed by atoms with Crippen LogP contribution in [0.1, 0.15) is 18.7 Å². The van der Waals surface area contributed by atoms with Crippen LogP contribution < -0.4 is 10.6 Å². The molecule has 2 N–H and O–H groups in total. The van der Waals surface area contributed by atoms with Gasteiger partial charge in [0.2, 0.25) is 5.91 Å². The third kappa shape index (κ3) is 3.92. The van der Waals surface area contributed by atoms with E-state index < -0.39 is 0 Å². The van der Waals surface area contributed by atoms with Crippen molar-refractivity contribution >= 4 is 17.2 Å². The summed E-state index contributed by atoms with van der Waals surface area (Å²) in [5.41, 5.74) is 2.46. The van der Waals surface area contributed by atoms with Crippen molar-refractivity contribution in [1.29, 1.82) is 0 Å². The second-order valence-electron chi connectivity index (χ2n) is 4.66. The van der Waals surface area contributed by atoms with Crippen molar-refractivity contribution in [3.05, 3.63) is 46.7 Å². The maximum absolute atomic E-state index is 11.6. The first-order valence-electron chi connectivity index (χ1n) is 6.84. The molecule has 1 atom stereocenters. The summed E-state index contributed by atoms with van der Waals surface area (Å²) in [5, 5.41) is 8.22. The molecule has 0 spiro atoms. The highest BCUT2D eigenvalue weighted by Gasteiger charge is 2.11. The molecule has 0 aliphatic heterocycles. The van der Waals surface area contributed by atoms with Crippen LogP contribution in [0.25, 0.3) is 11.1 Å². The van der Waals surface area contributed by atoms with E-state index >= 15 is 0 Å². The van der Waals surface area contributed by atoms with Crippen molar-refractivity contribution in [1.82, 2.24) is 10.6 Å². The van der Waals surface area contributed by atoms with Crippen LogP contribution >= 0.6 is 11.3 Å². The number of amides is 1. The molecule has 1 heterocycles. The molecule has 1 aromatic carbocycles. The monoisotopic (exact) mass is 288 g/mol. The number of carbonyl (C=O) groups excluding carboxylic acids is 1. The number of carbonyl (C=O) groups is 1. The summed E-state index contributed by atoms with van der Waals surface area (Å²) in [6.07, 6.45) is 0. The molecule has 0 saturated heterocycles. The van der Waals surface area contributed by atoms with Crippen molar-refractivity contribution in [2.45, 2.75) is 26.4 Å². The fraction of sp³-hybridized carbons (Fsp3) is 0.312. The molecule has 1 aromatic heterocycles. The number of hydrogen-bond acceptors (Lipinski definition) is 3. The van der Waals surface area contributed by atoms with E-state index in [2.05, 4.69) is 34.2 Å². The molecule has 4 heteroatoms. The molecule has 0 bridgehead atoms. The quantitative estimate of drug-likeness (QED) is 0.858. The second-order valence-corrected chi connectivity index (χ2v) is 5.66. The molecular formula is C16H20N2OS. The van der Waals surface area contributed by atoms with Crippen molar-refractivity contribution in [3.8, 4) is 11.1 Å². The Morgan fingerprint density at radius 1 is 1.25 bits per heavy atom. The van der Waals surface area contributed by atoms with Crippen molar-refractivity contribution in [3.63, 3.8) is 0 Å². The normalized spacial score (nSPS) is 12.1. The van der Waals surface area contributed by atoms with E-state index in [9.17, 15) is 4.79 Å². The SMILES string of the molecule is CCNC(=O)C(C)NCc1cc(-c2ccccc2)cs1. The summed E-state index contributed by atoms with van der Waals surface area (Å²) in [4.78, 5) is 12.9. The number of rotatable bonds is 6. The third-order valence-corrected chi connectivity index (χ3v) is 4.02. The number of likely N-dealkylation sites (N-methyl/N-ethyl adjacent to an activating group) is 1. The topological polar surface area (TPSA) is 41.1 Å². The summed E-state index contributed by atoms with van der Waals surface area (Å²) >= 11 is 1.72. The Morgan fingerprint density at radius 3 is 2.70 bits per heavy atom. The lowest BCUT2D eigenvalue weighted by molar-refractivity contribution is -0.122. The maximum atomic E-state index is 11.6. The van der Waals surface area contributed by atoms with Gasteiger partial charge in [0, 0.05) is 18.0 Å². The summed E-state index contributed by atoms with van der Waals surface area (Å²) in [7, 11) is 0. The number of nitrogens with one attached hydrogen (secondary N) is 2. The van der Waals surface area contributed by atoms with Crippen LogP contribution in [-0.2, 0) is 11.3 Å². The molecule has 0 radical (unpaired) electrons. The van der Waals surface area contributed by atoms with Gasteiger partial charge in [-0.1, -0.05) is 30.3 Å². The van der Waals surface area contributed by atoms with E-state index in [1.54, 1.807) is 11.3 Å². The molecule has 20 heavy (non-hydrogen) atoms. The third-order valence-electron chi connectivity index (χ3n) is 3.09. The van der Waals surface area contributed by atoms with Crippen molar-refractivity contribution in [2.75, 3.05) is 6.54 Å². The van der Waals surface area contributed by atoms with Crippen LogP contribution in [0.4, 0.5) is 0 Å². The molecule has 0 fully saturated rings. The van der Waals surface area contributed by atoms with Crippen molar-refractivity contribution < 1.29 is 4.79 Å². The first-order valence-corrected chi connectivity index (χ1v) is 7.72. The fourth-order valence-corrected chi connectivity index (χ4v) is 2.77. The minimum atomic E-state index is -0.169. The van der Waals surface area contributed by atoms with Gasteiger partial charge in [0.25, 0.3) is 0 Å². The molecule has 1 amide bonds. The van der Waals surface area contributed by atoms with E-state index in [1.165, 1.54) is 16.0 Å². The molecule has 2 aromatic rings. The predicted molar refractivity (Wildman–Crippen MR) is 84.7 cm³/mol. The molecule has 0 aliphatic rings. The molecule has 0 aliphatic carbocycles. The van der Waals surface area contributed by atoms with E-state index in [0.717, 1.165) is 6.54 Å². The van der Waals surface area contributed by atoms with Crippen LogP contribution in [0, 0.1) is 0 Å². The van der Waals surface area contributed by atoms with Crippen LogP contribution in [-0.4, -0.2) is 18.5 Å². The van der Waals surface area contributed by atoms with E-state index in [-0.39, 0.29) is 11.9 Å². The minimum absolute atomic E-state index is 0.0485. The molecule has 0 saturated carbocycles. The predicted octanol–water partition coefficient (Wildman–Crippen LogP) is 3.03. The van der Waals surface area contributed by atoms with Crippen LogP contribution in [0.15, 0.2) is 41.8 Å². The van der Waals surface area contributed by atoms with Gasteiger partial charge in [0.05, 0.1) is 6.04 Å². The molecule has 106 valence electrons. The Labute approximate surface area is 124 Å². The Hall–Kier alpha value is -1.65. The summed E-state index contributed by atoms with van der Waals surface area (Å²) < 4.78 is 0. The smallest absolute Gasteiger partial charge is 0.236 e. The van der Waals surface area contributed by atoms with E-state index in [1.807, 2.05) is 32.0 Å². The first-order chi connectivity index (χ1) is 9.70. The Bertz CT molecular complexity index is 551. The van der Waals surface area contributed by atoms with Crippen LogP contribution in [0.3, 0.4) is 0 Å². The zero-order valence-electron chi connectivity index (χ0n) is 11.8. The standard InChI is InChI=1S/C16H20N2OS/c1-3-17-16(19)12(2)18-10-15-9-14(11-20-15)13-7-5-4-6-8-13/h4-9,11-12,18H,3,10H2,1-2H3,(H,17,19). The average Bonchev–Trinajstić information content (AvgIpc) is 2.95. The lowest BCUT2D eigenvalue weighted by Crippen LogP contribution is -2.41. The van der Waals surface area contributed by atoms with Gasteiger partial charge in [-0.05, 0) is 36.4 Å². The summed E-state index contributed by atoms with van der Waals surface area (Å²) in [6.45, 7) is 5.20. The summed E-state index contributed by atoms with van der Waals surface area (Å²) in [6, 6.07) is 12.3. The zero-order chi connectivity index (χ0) is 14.4. The van der Waals surface area contributed by atoms with Crippen LogP contribution in [0.2, 0.25) is 0 Å². The highest BCUT2D eigenvalue weighted by molar-refractivity contribution is 7.10. The summed E-state index contributed by atoms with van der Waals surface area (Å²) in [5.74, 6) is 0.0485. The second kappa shape index (κ2) is 7.22. The lowest BCUT2D eigenvalue weighted by Gasteiger charge is -2.12. The van der Waals surface area contributed by atoms with Gasteiger partial charge >= 0.3 is 0 Å². The zero-order valence-corrected chi connectivity index (χ0v) is 12.7. The van der Waals surface area contributed by atoms with Gasteiger partial charge in [0.1, 0.15) is 0 Å². The van der Waals surface area contributed by atoms with Gasteiger partial charge in [-0.25, -0.2) is 0 Å². The van der Waals surface area contributed by atoms with Gasteiger partial charge < -0.3 is 10.6 Å². The lowest BCUT2D eigenvalue weighted by atomic mass is 10.1. The van der Waals surface area contributed by atoms with Crippen LogP contribution in [0.5, 0.6) is 0 Å². The molecular weight excluding hydrogens is 268 g/mol. The highest BCUT2D eigenvalue weighted by atomic mass is 32.1. The Morgan fingerprint density at radius 2 is 2.00 bits per heavy atom. The number of hydrogen-bond donors (Lipinski definition) is 2. The highest BCUT2D eigenvalue weighted by Crippen LogP contribution is 2.25. The minimum Gasteiger partial charge on any atom is -0.355 e.